The van der Waals surface area contributed by atoms with Gasteiger partial charge in [0.15, 0.2) is 5.16 Å². The normalized spacial score (nSPS) is 16.4. The Labute approximate surface area is 173 Å². The van der Waals surface area contributed by atoms with Gasteiger partial charge in [-0.2, -0.15) is 0 Å². The number of nitrogens with one attached hydrogen (secondary N) is 1. The summed E-state index contributed by atoms with van der Waals surface area (Å²) >= 11 is 1.50. The van der Waals surface area contributed by atoms with Crippen molar-refractivity contribution in [1.82, 2.24) is 19.7 Å². The predicted molar refractivity (Wildman–Crippen MR) is 118 cm³/mol. The summed E-state index contributed by atoms with van der Waals surface area (Å²) in [6.45, 7) is 1.96. The minimum atomic E-state index is -0.227. The molecule has 0 radical (unpaired) electrons. The number of para-hydroxylation sites is 3. The van der Waals surface area contributed by atoms with Crippen molar-refractivity contribution in [1.29, 1.82) is 0 Å². The zero-order valence-electron chi connectivity index (χ0n) is 16.5. The summed E-state index contributed by atoms with van der Waals surface area (Å²) < 4.78 is 2.09. The van der Waals surface area contributed by atoms with Crippen LogP contribution in [0.4, 0.5) is 0 Å². The van der Waals surface area contributed by atoms with Crippen molar-refractivity contribution in [2.45, 2.75) is 55.5 Å². The average Bonchev–Trinajstić information content (AvgIpc) is 3.15. The van der Waals surface area contributed by atoms with Gasteiger partial charge in [0.25, 0.3) is 0 Å². The Morgan fingerprint density at radius 1 is 1.03 bits per heavy atom. The molecule has 1 atom stereocenters. The summed E-state index contributed by atoms with van der Waals surface area (Å²) in [4.78, 5) is 22.6. The Morgan fingerprint density at radius 2 is 1.76 bits per heavy atom. The Bertz CT molecular complexity index is 1200. The van der Waals surface area contributed by atoms with Crippen molar-refractivity contribution < 1.29 is 4.79 Å². The Morgan fingerprint density at radius 3 is 2.59 bits per heavy atom. The molecule has 0 saturated heterocycles. The fraction of sp³-hybridized carbons (Fsp3) is 0.348. The van der Waals surface area contributed by atoms with Crippen molar-refractivity contribution in [3.05, 3.63) is 48.5 Å². The lowest BCUT2D eigenvalue weighted by Gasteiger charge is -2.24. The molecule has 1 amide bonds. The highest BCUT2D eigenvalue weighted by atomic mass is 32.2. The second-order valence-electron chi connectivity index (χ2n) is 7.77. The number of benzene rings is 2. The summed E-state index contributed by atoms with van der Waals surface area (Å²) in [5.41, 5.74) is 3.74. The van der Waals surface area contributed by atoms with Gasteiger partial charge in [-0.1, -0.05) is 55.3 Å². The first-order chi connectivity index (χ1) is 14.2. The maximum Gasteiger partial charge on any atom is 0.233 e. The van der Waals surface area contributed by atoms with Gasteiger partial charge in [-0.15, -0.1) is 0 Å². The molecule has 1 aliphatic rings. The lowest BCUT2D eigenvalue weighted by molar-refractivity contribution is -0.121. The van der Waals surface area contributed by atoms with Crippen LogP contribution in [0.25, 0.3) is 27.6 Å². The van der Waals surface area contributed by atoms with E-state index in [1.165, 1.54) is 31.0 Å². The van der Waals surface area contributed by atoms with Gasteiger partial charge in [0.1, 0.15) is 5.65 Å². The van der Waals surface area contributed by atoms with E-state index in [1.54, 1.807) is 0 Å². The number of hydrogen-bond acceptors (Lipinski definition) is 4. The van der Waals surface area contributed by atoms with Gasteiger partial charge in [0, 0.05) is 11.4 Å². The molecule has 2 aromatic heterocycles. The highest BCUT2D eigenvalue weighted by Gasteiger charge is 2.23. The average molecular weight is 405 g/mol. The molecule has 4 aromatic rings. The van der Waals surface area contributed by atoms with E-state index in [2.05, 4.69) is 21.9 Å². The summed E-state index contributed by atoms with van der Waals surface area (Å²) in [6.07, 6.45) is 5.88. The first kappa shape index (κ1) is 18.4. The van der Waals surface area contributed by atoms with E-state index in [0.29, 0.717) is 6.04 Å². The van der Waals surface area contributed by atoms with E-state index < -0.39 is 0 Å². The second-order valence-corrected chi connectivity index (χ2v) is 9.08. The topological polar surface area (TPSA) is 59.3 Å². The number of amides is 1. The molecule has 2 aromatic carbocycles. The number of imidazole rings is 1. The number of fused-ring (bicyclic) bond motifs is 5. The number of hydrogen-bond donors (Lipinski definition) is 1. The SMILES string of the molecule is C[C@@H](Sc1nc2ccccc2c2nc3ccccc3n12)C(=O)NC1CCCCC1. The third kappa shape index (κ3) is 3.46. The van der Waals surface area contributed by atoms with Gasteiger partial charge < -0.3 is 5.32 Å². The summed E-state index contributed by atoms with van der Waals surface area (Å²) in [6, 6.07) is 16.5. The molecule has 5 nitrogen and oxygen atoms in total. The van der Waals surface area contributed by atoms with Gasteiger partial charge in [-0.25, -0.2) is 9.97 Å². The van der Waals surface area contributed by atoms with Crippen LogP contribution in [0.2, 0.25) is 0 Å². The minimum absolute atomic E-state index is 0.0921. The predicted octanol–water partition coefficient (Wildman–Crippen LogP) is 4.97. The summed E-state index contributed by atoms with van der Waals surface area (Å²) in [5.74, 6) is 0.0921. The Hall–Kier alpha value is -2.60. The van der Waals surface area contributed by atoms with Crippen LogP contribution in [-0.2, 0) is 4.79 Å². The fourth-order valence-corrected chi connectivity index (χ4v) is 5.10. The zero-order chi connectivity index (χ0) is 19.8. The molecule has 1 fully saturated rings. The number of nitrogens with zero attached hydrogens (tertiary/aromatic N) is 3. The van der Waals surface area contributed by atoms with Crippen LogP contribution in [0.3, 0.4) is 0 Å². The lowest BCUT2D eigenvalue weighted by atomic mass is 9.95. The number of thioether (sulfide) groups is 1. The number of carbonyl (C=O) groups excluding carboxylic acids is 1. The maximum atomic E-state index is 12.8. The Kier molecular flexibility index (Phi) is 4.87. The van der Waals surface area contributed by atoms with Crippen LogP contribution in [0.5, 0.6) is 0 Å². The molecule has 0 spiro atoms. The maximum absolute atomic E-state index is 12.8. The van der Waals surface area contributed by atoms with Gasteiger partial charge in [-0.05, 0) is 44.0 Å². The van der Waals surface area contributed by atoms with E-state index in [9.17, 15) is 4.79 Å². The lowest BCUT2D eigenvalue weighted by Crippen LogP contribution is -2.40. The summed E-state index contributed by atoms with van der Waals surface area (Å²) in [5, 5.41) is 4.84. The first-order valence-corrected chi connectivity index (χ1v) is 11.2. The zero-order valence-corrected chi connectivity index (χ0v) is 17.3. The van der Waals surface area contributed by atoms with Crippen molar-refractivity contribution in [3.8, 4) is 0 Å². The third-order valence-electron chi connectivity index (χ3n) is 5.72. The molecular formula is C23H24N4OS. The van der Waals surface area contributed by atoms with E-state index >= 15 is 0 Å². The molecule has 1 N–H and O–H groups in total. The number of carbonyl (C=O) groups is 1. The van der Waals surface area contributed by atoms with Crippen LogP contribution in [0.1, 0.15) is 39.0 Å². The molecule has 0 bridgehead atoms. The van der Waals surface area contributed by atoms with Gasteiger partial charge in [0.2, 0.25) is 5.91 Å². The highest BCUT2D eigenvalue weighted by molar-refractivity contribution is 8.00. The van der Waals surface area contributed by atoms with Crippen molar-refractivity contribution >= 4 is 45.3 Å². The Balaban J connectivity index is 1.53. The number of aromatic nitrogens is 3. The van der Waals surface area contributed by atoms with Crippen LogP contribution < -0.4 is 5.32 Å². The van der Waals surface area contributed by atoms with Gasteiger partial charge in [-0.3, -0.25) is 9.20 Å². The molecule has 5 rings (SSSR count). The molecule has 1 aliphatic carbocycles. The van der Waals surface area contributed by atoms with Crippen molar-refractivity contribution in [2.24, 2.45) is 0 Å². The molecule has 6 heteroatoms. The molecule has 0 aliphatic heterocycles. The minimum Gasteiger partial charge on any atom is -0.352 e. The molecule has 2 heterocycles. The number of rotatable bonds is 4. The van der Waals surface area contributed by atoms with Gasteiger partial charge >= 0.3 is 0 Å². The molecule has 148 valence electrons. The quantitative estimate of drug-likeness (QED) is 0.386. The molecule has 0 unspecified atom stereocenters. The van der Waals surface area contributed by atoms with Crippen LogP contribution >= 0.6 is 11.8 Å². The van der Waals surface area contributed by atoms with E-state index in [0.717, 1.165) is 45.6 Å². The third-order valence-corrected chi connectivity index (χ3v) is 6.77. The van der Waals surface area contributed by atoms with Crippen LogP contribution in [0, 0.1) is 0 Å². The highest BCUT2D eigenvalue weighted by Crippen LogP contribution is 2.31. The van der Waals surface area contributed by atoms with Crippen LogP contribution in [0.15, 0.2) is 53.7 Å². The van der Waals surface area contributed by atoms with E-state index in [4.69, 9.17) is 9.97 Å². The fourth-order valence-electron chi connectivity index (χ4n) is 4.17. The van der Waals surface area contributed by atoms with E-state index in [-0.39, 0.29) is 11.2 Å². The second kappa shape index (κ2) is 7.67. The monoisotopic (exact) mass is 404 g/mol. The van der Waals surface area contributed by atoms with Gasteiger partial charge in [0.05, 0.1) is 21.8 Å². The van der Waals surface area contributed by atoms with Crippen LogP contribution in [-0.4, -0.2) is 31.6 Å². The summed E-state index contributed by atoms with van der Waals surface area (Å²) in [7, 11) is 0. The molecule has 1 saturated carbocycles. The standard InChI is InChI=1S/C23H24N4OS/c1-15(22(28)24-16-9-3-2-4-10-16)29-23-26-18-12-6-5-11-17(18)21-25-19-13-7-8-14-20(19)27(21)23/h5-8,11-16H,2-4,9-10H2,1H3,(H,24,28)/t15-/m1/s1. The molecule has 29 heavy (non-hydrogen) atoms. The molecular weight excluding hydrogens is 380 g/mol. The smallest absolute Gasteiger partial charge is 0.233 e. The van der Waals surface area contributed by atoms with Crippen molar-refractivity contribution in [2.75, 3.05) is 0 Å². The largest absolute Gasteiger partial charge is 0.352 e. The van der Waals surface area contributed by atoms with Crippen molar-refractivity contribution in [3.63, 3.8) is 0 Å². The first-order valence-electron chi connectivity index (χ1n) is 10.3. The van der Waals surface area contributed by atoms with E-state index in [1.807, 2.05) is 43.3 Å².